The molecule has 1 saturated heterocycles. The molecule has 2 aromatic rings. The molecule has 0 spiro atoms. The van der Waals surface area contributed by atoms with E-state index in [1.54, 1.807) is 72.7 Å². The van der Waals surface area contributed by atoms with Gasteiger partial charge in [0.05, 0.1) is 31.3 Å². The number of rotatable bonds is 16. The highest BCUT2D eigenvalue weighted by atomic mass is 35.5. The predicted octanol–water partition coefficient (Wildman–Crippen LogP) is 6.94. The van der Waals surface area contributed by atoms with E-state index >= 15 is 4.79 Å². The van der Waals surface area contributed by atoms with Crippen LogP contribution in [-0.2, 0) is 28.6 Å². The van der Waals surface area contributed by atoms with Gasteiger partial charge in [-0.05, 0) is 86.3 Å². The number of likely N-dealkylation sites (tertiary alicyclic amines) is 1. The molecule has 0 unspecified atom stereocenters. The number of benzene rings is 1. The predicted molar refractivity (Wildman–Crippen MR) is 213 cm³/mol. The molecule has 0 bridgehead atoms. The number of hydrogen-bond donors (Lipinski definition) is 1. The summed E-state index contributed by atoms with van der Waals surface area (Å²) in [5.74, 6) is -2.52. The molecule has 4 rings (SSSR count). The molecule has 4 amide bonds. The summed E-state index contributed by atoms with van der Waals surface area (Å²) >= 11 is 6.55. The van der Waals surface area contributed by atoms with E-state index in [0.29, 0.717) is 23.2 Å². The van der Waals surface area contributed by atoms with E-state index in [9.17, 15) is 19.2 Å². The Labute approximate surface area is 339 Å². The minimum atomic E-state index is -1.77. The Balaban J connectivity index is 1.79. The van der Waals surface area contributed by atoms with Gasteiger partial charge in [-0.3, -0.25) is 9.59 Å². The summed E-state index contributed by atoms with van der Waals surface area (Å²) < 4.78 is 28.3. The van der Waals surface area contributed by atoms with Crippen molar-refractivity contribution < 1.29 is 47.7 Å². The van der Waals surface area contributed by atoms with Crippen LogP contribution < -0.4 is 14.8 Å². The zero-order valence-corrected chi connectivity index (χ0v) is 35.0. The topological polar surface area (TPSA) is 176 Å². The van der Waals surface area contributed by atoms with Gasteiger partial charge in [0, 0.05) is 18.4 Å². The molecule has 1 aliphatic heterocycles. The number of nitrogens with one attached hydrogen (secondary N) is 1. The SMILES string of the molecule is C=CCCCCC[C@H](NC(=O)OC(C)(C)C)C(=O)N1C[C@H](Oc2nc3cc(OC)ccc3nc2Cl)C[C@H]1C(=O)N(C(=O)OC(C)(C)C)[C@]1(C(=O)OCC)C[C@H]1C=C. The maximum atomic E-state index is 15.1. The monoisotopic (exact) mass is 813 g/mol. The molecule has 57 heavy (non-hydrogen) atoms. The van der Waals surface area contributed by atoms with Gasteiger partial charge in [-0.1, -0.05) is 36.6 Å². The van der Waals surface area contributed by atoms with Gasteiger partial charge in [0.2, 0.25) is 5.91 Å². The summed E-state index contributed by atoms with van der Waals surface area (Å²) in [4.78, 5) is 81.7. The molecule has 0 radical (unpaired) electrons. The van der Waals surface area contributed by atoms with Crippen molar-refractivity contribution >= 4 is 52.6 Å². The van der Waals surface area contributed by atoms with E-state index in [2.05, 4.69) is 28.4 Å². The van der Waals surface area contributed by atoms with Crippen LogP contribution >= 0.6 is 11.6 Å². The normalized spacial score (nSPS) is 20.9. The van der Waals surface area contributed by atoms with Crippen molar-refractivity contribution in [2.75, 3.05) is 20.3 Å². The van der Waals surface area contributed by atoms with E-state index in [-0.39, 0.29) is 43.4 Å². The molecule has 1 aromatic carbocycles. The molecule has 16 heteroatoms. The molecular formula is C41H56ClN5O10. The quantitative estimate of drug-likeness (QED) is 0.0801. The average molecular weight is 814 g/mol. The van der Waals surface area contributed by atoms with Crippen LogP contribution in [0.5, 0.6) is 11.6 Å². The molecule has 2 fully saturated rings. The Morgan fingerprint density at radius 3 is 2.33 bits per heavy atom. The number of hydrogen-bond acceptors (Lipinski definition) is 12. The number of imide groups is 1. The maximum Gasteiger partial charge on any atom is 0.418 e. The number of carbonyl (C=O) groups excluding carboxylic acids is 5. The van der Waals surface area contributed by atoms with Crippen LogP contribution in [0.4, 0.5) is 9.59 Å². The number of fused-ring (bicyclic) bond motifs is 1. The van der Waals surface area contributed by atoms with Crippen molar-refractivity contribution in [3.05, 3.63) is 48.7 Å². The minimum absolute atomic E-state index is 0.0189. The van der Waals surface area contributed by atoms with E-state index < -0.39 is 70.8 Å². The molecule has 5 atom stereocenters. The third kappa shape index (κ3) is 11.1. The van der Waals surface area contributed by atoms with E-state index in [1.807, 2.05) is 0 Å². The van der Waals surface area contributed by atoms with Gasteiger partial charge >= 0.3 is 18.2 Å². The molecule has 2 aliphatic rings. The number of amides is 4. The van der Waals surface area contributed by atoms with Crippen LogP contribution in [0.1, 0.15) is 93.4 Å². The first-order chi connectivity index (χ1) is 26.8. The Morgan fingerprint density at radius 1 is 1.04 bits per heavy atom. The van der Waals surface area contributed by atoms with E-state index in [1.165, 1.54) is 18.1 Å². The lowest BCUT2D eigenvalue weighted by atomic mass is 10.0. The highest BCUT2D eigenvalue weighted by Crippen LogP contribution is 2.51. The van der Waals surface area contributed by atoms with Gasteiger partial charge in [-0.2, -0.15) is 0 Å². The minimum Gasteiger partial charge on any atom is -0.497 e. The molecule has 1 aromatic heterocycles. The number of unbranched alkanes of at least 4 members (excludes halogenated alkanes) is 3. The lowest BCUT2D eigenvalue weighted by Crippen LogP contribution is -2.60. The summed E-state index contributed by atoms with van der Waals surface area (Å²) in [6.07, 6.45) is 3.44. The maximum absolute atomic E-state index is 15.1. The first-order valence-corrected chi connectivity index (χ1v) is 19.6. The third-order valence-electron chi connectivity index (χ3n) is 9.39. The first kappa shape index (κ1) is 44.8. The summed E-state index contributed by atoms with van der Waals surface area (Å²) in [5.41, 5.74) is -2.80. The van der Waals surface area contributed by atoms with Crippen molar-refractivity contribution in [2.24, 2.45) is 5.92 Å². The summed E-state index contributed by atoms with van der Waals surface area (Å²) in [7, 11) is 1.51. The number of halogens is 1. The second-order valence-electron chi connectivity index (χ2n) is 16.1. The third-order valence-corrected chi connectivity index (χ3v) is 9.64. The van der Waals surface area contributed by atoms with Crippen molar-refractivity contribution in [3.63, 3.8) is 0 Å². The van der Waals surface area contributed by atoms with Crippen LogP contribution in [0, 0.1) is 5.92 Å². The van der Waals surface area contributed by atoms with Crippen molar-refractivity contribution in [3.8, 4) is 11.6 Å². The fraction of sp³-hybridized carbons (Fsp3) is 0.585. The fourth-order valence-corrected chi connectivity index (χ4v) is 6.92. The molecule has 312 valence electrons. The van der Waals surface area contributed by atoms with Crippen molar-refractivity contribution in [1.82, 2.24) is 25.1 Å². The highest BCUT2D eigenvalue weighted by Gasteiger charge is 2.69. The van der Waals surface area contributed by atoms with Gasteiger partial charge in [-0.25, -0.2) is 29.3 Å². The number of ether oxygens (including phenoxy) is 5. The smallest absolute Gasteiger partial charge is 0.418 e. The number of carbonyl (C=O) groups is 5. The lowest BCUT2D eigenvalue weighted by Gasteiger charge is -2.35. The van der Waals surface area contributed by atoms with E-state index in [0.717, 1.165) is 24.2 Å². The lowest BCUT2D eigenvalue weighted by molar-refractivity contribution is -0.159. The standard InChI is InChI=1S/C41H56ClN5O10/c1-11-14-15-16-17-18-29(45-37(51)56-39(4,5)6)34(48)46-24-27(55-33-32(42)43-28-20-19-26(53-10)21-30(28)44-33)22-31(46)35(49)47(38(52)57-40(7,8)9)41(23-25(41)12-2)36(50)54-13-3/h11-12,19-21,25,27,29,31H,1-2,13-18,22-24H2,3-10H3,(H,45,51)/t25-,27-,29+,31+,41-/m1/s1. The van der Waals surface area contributed by atoms with Gasteiger partial charge in [0.15, 0.2) is 10.7 Å². The Hall–Kier alpha value is -4.92. The van der Waals surface area contributed by atoms with Crippen molar-refractivity contribution in [1.29, 1.82) is 0 Å². The summed E-state index contributed by atoms with van der Waals surface area (Å²) in [6, 6.07) is 2.54. The molecule has 15 nitrogen and oxygen atoms in total. The number of nitrogens with zero attached hydrogens (tertiary/aromatic N) is 4. The van der Waals surface area contributed by atoms with Gasteiger partial charge in [-0.15, -0.1) is 13.2 Å². The number of methoxy groups -OCH3 is 1. The molecule has 1 aliphatic carbocycles. The Morgan fingerprint density at radius 2 is 1.74 bits per heavy atom. The molecule has 2 heterocycles. The second-order valence-corrected chi connectivity index (χ2v) is 16.5. The Bertz CT molecular complexity index is 1840. The van der Waals surface area contributed by atoms with Crippen LogP contribution in [0.25, 0.3) is 11.0 Å². The second kappa shape index (κ2) is 18.6. The number of alkyl carbamates (subject to hydrolysis) is 1. The van der Waals surface area contributed by atoms with Crippen LogP contribution in [0.15, 0.2) is 43.5 Å². The molecular weight excluding hydrogens is 758 g/mol. The van der Waals surface area contributed by atoms with Crippen molar-refractivity contribution in [2.45, 2.75) is 128 Å². The zero-order valence-electron chi connectivity index (χ0n) is 34.2. The zero-order chi connectivity index (χ0) is 42.3. The number of allylic oxidation sites excluding steroid dienone is 1. The Kier molecular flexibility index (Phi) is 14.6. The number of aromatic nitrogens is 2. The summed E-state index contributed by atoms with van der Waals surface area (Å²) in [6.45, 7) is 19.0. The molecule has 1 N–H and O–H groups in total. The van der Waals surface area contributed by atoms with E-state index in [4.69, 9.17) is 35.3 Å². The van der Waals surface area contributed by atoms with Crippen LogP contribution in [-0.4, -0.2) is 105 Å². The van der Waals surface area contributed by atoms with Crippen LogP contribution in [0.2, 0.25) is 5.15 Å². The largest absolute Gasteiger partial charge is 0.497 e. The molecule has 1 saturated carbocycles. The van der Waals surface area contributed by atoms with Gasteiger partial charge in [0.1, 0.15) is 35.1 Å². The highest BCUT2D eigenvalue weighted by molar-refractivity contribution is 6.31. The first-order valence-electron chi connectivity index (χ1n) is 19.2. The van der Waals surface area contributed by atoms with Gasteiger partial charge in [0.25, 0.3) is 11.8 Å². The van der Waals surface area contributed by atoms with Crippen LogP contribution in [0.3, 0.4) is 0 Å². The average Bonchev–Trinajstić information content (AvgIpc) is 3.70. The number of esters is 1. The fourth-order valence-electron chi connectivity index (χ4n) is 6.74. The summed E-state index contributed by atoms with van der Waals surface area (Å²) in [5, 5.41) is 2.65. The van der Waals surface area contributed by atoms with Gasteiger partial charge < -0.3 is 33.9 Å².